The van der Waals surface area contributed by atoms with Crippen LogP contribution in [0.5, 0.6) is 0 Å². The Balaban J connectivity index is -0.000000138. The fourth-order valence-electron chi connectivity index (χ4n) is 0.466. The molecule has 0 aliphatic carbocycles. The van der Waals surface area contributed by atoms with E-state index in [2.05, 4.69) is 45.4 Å². The molecule has 0 amide bonds. The van der Waals surface area contributed by atoms with Crippen LogP contribution >= 0.6 is 12.6 Å². The molecular formula is C10H20S. The molecule has 0 unspecified atom stereocenters. The van der Waals surface area contributed by atoms with E-state index in [4.69, 9.17) is 0 Å². The average Bonchev–Trinajstić information content (AvgIpc) is 2.14. The van der Waals surface area contributed by atoms with Gasteiger partial charge in [-0.1, -0.05) is 31.2 Å². The van der Waals surface area contributed by atoms with Crippen molar-refractivity contribution in [2.75, 3.05) is 6.26 Å². The van der Waals surface area contributed by atoms with Crippen LogP contribution in [0.25, 0.3) is 0 Å². The van der Waals surface area contributed by atoms with Gasteiger partial charge in [0.2, 0.25) is 0 Å². The Morgan fingerprint density at radius 1 is 1.36 bits per heavy atom. The Morgan fingerprint density at radius 2 is 1.73 bits per heavy atom. The highest BCUT2D eigenvalue weighted by Crippen LogP contribution is 1.98. The van der Waals surface area contributed by atoms with Crippen molar-refractivity contribution in [3.8, 4) is 0 Å². The Morgan fingerprint density at radius 3 is 1.73 bits per heavy atom. The molecule has 0 spiro atoms. The van der Waals surface area contributed by atoms with Gasteiger partial charge < -0.3 is 0 Å². The average molecular weight is 172 g/mol. The normalized spacial score (nSPS) is 8.18. The summed E-state index contributed by atoms with van der Waals surface area (Å²) in [7, 11) is 0. The summed E-state index contributed by atoms with van der Waals surface area (Å²) in [6, 6.07) is 0. The summed E-state index contributed by atoms with van der Waals surface area (Å²) in [5.74, 6) is 0. The number of hydrogen-bond donors (Lipinski definition) is 1. The summed E-state index contributed by atoms with van der Waals surface area (Å²) in [5, 5.41) is 0. The predicted molar refractivity (Wildman–Crippen MR) is 60.4 cm³/mol. The van der Waals surface area contributed by atoms with E-state index in [0.29, 0.717) is 0 Å². The summed E-state index contributed by atoms with van der Waals surface area (Å²) in [5.41, 5.74) is 1.32. The van der Waals surface area contributed by atoms with Gasteiger partial charge in [-0.15, -0.1) is 13.2 Å². The van der Waals surface area contributed by atoms with E-state index in [1.165, 1.54) is 5.57 Å². The molecule has 0 aromatic carbocycles. The Labute approximate surface area is 77.1 Å². The Bertz CT molecular complexity index is 93.0. The molecule has 0 rings (SSSR count). The molecule has 0 fully saturated rings. The van der Waals surface area contributed by atoms with Gasteiger partial charge >= 0.3 is 0 Å². The van der Waals surface area contributed by atoms with Gasteiger partial charge in [-0.3, -0.25) is 0 Å². The molecule has 0 aromatic rings. The van der Waals surface area contributed by atoms with Crippen LogP contribution in [0.2, 0.25) is 0 Å². The van der Waals surface area contributed by atoms with Crippen LogP contribution in [0.3, 0.4) is 0 Å². The third-order valence-electron chi connectivity index (χ3n) is 1.04. The lowest BCUT2D eigenvalue weighted by Crippen LogP contribution is -1.67. The molecule has 66 valence electrons. The SMILES string of the molecule is C=C.C=C/C(=C\C)CC.CS. The minimum atomic E-state index is 1.10. The first-order valence-corrected chi connectivity index (χ1v) is 4.47. The van der Waals surface area contributed by atoms with Crippen molar-refractivity contribution < 1.29 is 0 Å². The second-order valence-electron chi connectivity index (χ2n) is 1.42. The van der Waals surface area contributed by atoms with Gasteiger partial charge in [-0.25, -0.2) is 0 Å². The van der Waals surface area contributed by atoms with Crippen LogP contribution in [0.15, 0.2) is 37.5 Å². The molecule has 0 aliphatic rings. The lowest BCUT2D eigenvalue weighted by atomic mass is 10.2. The fraction of sp³-hybridized carbons (Fsp3) is 0.400. The van der Waals surface area contributed by atoms with Crippen molar-refractivity contribution in [3.63, 3.8) is 0 Å². The molecule has 0 radical (unpaired) electrons. The molecule has 0 atom stereocenters. The second kappa shape index (κ2) is 22.7. The molecule has 0 nitrogen and oxygen atoms in total. The van der Waals surface area contributed by atoms with Crippen LogP contribution in [0.4, 0.5) is 0 Å². The number of hydrogen-bond acceptors (Lipinski definition) is 1. The molecule has 0 aromatic heterocycles. The molecule has 0 heterocycles. The van der Waals surface area contributed by atoms with Crippen molar-refractivity contribution in [1.82, 2.24) is 0 Å². The van der Waals surface area contributed by atoms with Gasteiger partial charge in [0, 0.05) is 0 Å². The number of thiol groups is 1. The maximum atomic E-state index is 3.63. The quantitative estimate of drug-likeness (QED) is 0.365. The van der Waals surface area contributed by atoms with E-state index in [0.717, 1.165) is 6.42 Å². The topological polar surface area (TPSA) is 0 Å². The zero-order chi connectivity index (χ0) is 9.70. The standard InChI is InChI=1S/C7H12.C2H4.CH4S/c1-4-7(5-2)6-3;2*1-2/h4-5H,1,6H2,2-3H3;1-2H2;2H,1H3/b7-5+;;. The van der Waals surface area contributed by atoms with Gasteiger partial charge in [0.25, 0.3) is 0 Å². The van der Waals surface area contributed by atoms with Crippen molar-refractivity contribution >= 4 is 12.6 Å². The summed E-state index contributed by atoms with van der Waals surface area (Å²) in [6.07, 6.45) is 6.76. The van der Waals surface area contributed by atoms with Crippen LogP contribution in [-0.4, -0.2) is 6.26 Å². The third-order valence-corrected chi connectivity index (χ3v) is 1.04. The highest BCUT2D eigenvalue weighted by atomic mass is 32.1. The zero-order valence-corrected chi connectivity index (χ0v) is 8.82. The summed E-state index contributed by atoms with van der Waals surface area (Å²) in [6.45, 7) is 13.8. The van der Waals surface area contributed by atoms with E-state index >= 15 is 0 Å². The number of allylic oxidation sites excluding steroid dienone is 3. The molecule has 0 bridgehead atoms. The van der Waals surface area contributed by atoms with Crippen LogP contribution in [0, 0.1) is 0 Å². The van der Waals surface area contributed by atoms with Gasteiger partial charge in [0.05, 0.1) is 0 Å². The largest absolute Gasteiger partial charge is 0.183 e. The van der Waals surface area contributed by atoms with Crippen molar-refractivity contribution in [1.29, 1.82) is 0 Å². The first-order valence-electron chi connectivity index (χ1n) is 3.57. The van der Waals surface area contributed by atoms with Crippen molar-refractivity contribution in [2.24, 2.45) is 0 Å². The van der Waals surface area contributed by atoms with Crippen molar-refractivity contribution in [2.45, 2.75) is 20.3 Å². The Kier molecular flexibility index (Phi) is 34.8. The Hall–Kier alpha value is -0.430. The van der Waals surface area contributed by atoms with Gasteiger partial charge in [-0.2, -0.15) is 12.6 Å². The fourth-order valence-corrected chi connectivity index (χ4v) is 0.466. The van der Waals surface area contributed by atoms with E-state index in [-0.39, 0.29) is 0 Å². The molecule has 0 aliphatic heterocycles. The van der Waals surface area contributed by atoms with E-state index in [1.54, 1.807) is 6.26 Å². The third kappa shape index (κ3) is 17.7. The minimum Gasteiger partial charge on any atom is -0.183 e. The molecule has 0 saturated heterocycles. The van der Waals surface area contributed by atoms with Crippen LogP contribution in [-0.2, 0) is 0 Å². The highest BCUT2D eigenvalue weighted by molar-refractivity contribution is 7.79. The maximum Gasteiger partial charge on any atom is -0.0215 e. The predicted octanol–water partition coefficient (Wildman–Crippen LogP) is 3.88. The monoisotopic (exact) mass is 172 g/mol. The minimum absolute atomic E-state index is 1.10. The lowest BCUT2D eigenvalue weighted by Gasteiger charge is -1.88. The molecule has 1 heteroatoms. The second-order valence-corrected chi connectivity index (χ2v) is 1.42. The maximum absolute atomic E-state index is 3.63. The van der Waals surface area contributed by atoms with Gasteiger partial charge in [0.1, 0.15) is 0 Å². The highest BCUT2D eigenvalue weighted by Gasteiger charge is 1.77. The van der Waals surface area contributed by atoms with Crippen LogP contribution < -0.4 is 0 Å². The first kappa shape index (κ1) is 16.9. The molecule has 0 N–H and O–H groups in total. The zero-order valence-electron chi connectivity index (χ0n) is 7.93. The smallest absolute Gasteiger partial charge is 0.0215 e. The molecular weight excluding hydrogens is 152 g/mol. The number of rotatable bonds is 2. The summed E-state index contributed by atoms with van der Waals surface area (Å²) < 4.78 is 0. The van der Waals surface area contributed by atoms with E-state index in [1.807, 2.05) is 13.0 Å². The van der Waals surface area contributed by atoms with Gasteiger partial charge in [0.15, 0.2) is 0 Å². The van der Waals surface area contributed by atoms with E-state index in [9.17, 15) is 0 Å². The van der Waals surface area contributed by atoms with Crippen molar-refractivity contribution in [3.05, 3.63) is 37.5 Å². The first-order chi connectivity index (χ1) is 5.35. The lowest BCUT2D eigenvalue weighted by molar-refractivity contribution is 1.14. The van der Waals surface area contributed by atoms with E-state index < -0.39 is 0 Å². The molecule has 11 heavy (non-hydrogen) atoms. The van der Waals surface area contributed by atoms with Crippen LogP contribution in [0.1, 0.15) is 20.3 Å². The summed E-state index contributed by atoms with van der Waals surface area (Å²) >= 11 is 3.53. The molecule has 0 saturated carbocycles. The summed E-state index contributed by atoms with van der Waals surface area (Å²) in [4.78, 5) is 0. The van der Waals surface area contributed by atoms with Gasteiger partial charge in [-0.05, 0) is 19.6 Å².